The van der Waals surface area contributed by atoms with Crippen molar-refractivity contribution in [2.45, 2.75) is 6.92 Å². The molecule has 0 aliphatic rings. The molecule has 2 heterocycles. The second-order valence-electron chi connectivity index (χ2n) is 4.10. The summed E-state index contributed by atoms with van der Waals surface area (Å²) in [6, 6.07) is 3.70. The maximum atomic E-state index is 11.3. The number of fused-ring (bicyclic) bond motifs is 1. The molecule has 20 heavy (non-hydrogen) atoms. The quantitative estimate of drug-likeness (QED) is 0.768. The van der Waals surface area contributed by atoms with Crippen LogP contribution in [0.2, 0.25) is 0 Å². The fourth-order valence-electron chi connectivity index (χ4n) is 1.65. The topological polar surface area (TPSA) is 84.0 Å². The first-order valence-electron chi connectivity index (χ1n) is 6.13. The molecule has 0 fully saturated rings. The summed E-state index contributed by atoms with van der Waals surface area (Å²) in [5.74, 6) is 0.0841. The predicted molar refractivity (Wildman–Crippen MR) is 83.2 cm³/mol. The summed E-state index contributed by atoms with van der Waals surface area (Å²) in [5, 5.41) is 3.16. The second kappa shape index (κ2) is 6.47. The van der Waals surface area contributed by atoms with Gasteiger partial charge < -0.3 is 5.32 Å². The van der Waals surface area contributed by atoms with E-state index in [1.165, 1.54) is 0 Å². The normalized spacial score (nSPS) is 11.7. The van der Waals surface area contributed by atoms with Crippen molar-refractivity contribution in [3.8, 4) is 0 Å². The first-order chi connectivity index (χ1) is 9.52. The highest BCUT2D eigenvalue weighted by molar-refractivity contribution is 9.10. The third-order valence-corrected chi connectivity index (χ3v) is 4.52. The predicted octanol–water partition coefficient (Wildman–Crippen LogP) is 1.74. The maximum absolute atomic E-state index is 11.3. The molecule has 0 saturated carbocycles. The molecule has 2 aromatic rings. The minimum Gasteiger partial charge on any atom is -0.382 e. The van der Waals surface area contributed by atoms with Gasteiger partial charge in [0.05, 0.1) is 17.0 Å². The van der Waals surface area contributed by atoms with Crippen LogP contribution in [-0.4, -0.2) is 37.2 Å². The Bertz CT molecular complexity index is 706. The number of hydrogen-bond acceptors (Lipinski definition) is 5. The molecule has 0 spiro atoms. The number of nitrogens with one attached hydrogen (secondary N) is 2. The molecule has 6 nitrogen and oxygen atoms in total. The van der Waals surface area contributed by atoms with E-state index in [9.17, 15) is 8.42 Å². The summed E-state index contributed by atoms with van der Waals surface area (Å²) in [4.78, 5) is 8.55. The number of nitrogens with zero attached hydrogens (tertiary/aromatic N) is 2. The van der Waals surface area contributed by atoms with Crippen LogP contribution in [0.3, 0.4) is 0 Å². The van der Waals surface area contributed by atoms with Crippen LogP contribution >= 0.6 is 15.9 Å². The van der Waals surface area contributed by atoms with Crippen molar-refractivity contribution in [3.05, 3.63) is 29.0 Å². The maximum Gasteiger partial charge on any atom is 0.211 e. The van der Waals surface area contributed by atoms with Gasteiger partial charge in [0.1, 0.15) is 5.52 Å². The number of rotatable bonds is 6. The lowest BCUT2D eigenvalue weighted by atomic mass is 10.3. The largest absolute Gasteiger partial charge is 0.382 e. The smallest absolute Gasteiger partial charge is 0.211 e. The van der Waals surface area contributed by atoms with E-state index in [1.807, 2.05) is 12.1 Å². The van der Waals surface area contributed by atoms with Gasteiger partial charge in [-0.15, -0.1) is 0 Å². The van der Waals surface area contributed by atoms with E-state index in [4.69, 9.17) is 0 Å². The van der Waals surface area contributed by atoms with Crippen LogP contribution in [0.1, 0.15) is 6.92 Å². The molecule has 8 heteroatoms. The van der Waals surface area contributed by atoms with Gasteiger partial charge in [0.2, 0.25) is 10.0 Å². The summed E-state index contributed by atoms with van der Waals surface area (Å²) < 4.78 is 26.0. The average Bonchev–Trinajstić information content (AvgIpc) is 2.43. The molecule has 0 bridgehead atoms. The van der Waals surface area contributed by atoms with E-state index < -0.39 is 10.0 Å². The molecule has 108 valence electrons. The van der Waals surface area contributed by atoms with Crippen LogP contribution < -0.4 is 10.0 Å². The molecule has 0 radical (unpaired) electrons. The molecule has 0 amide bonds. The molecular formula is C12H15BrN4O2S. The van der Waals surface area contributed by atoms with Gasteiger partial charge in [0, 0.05) is 30.0 Å². The number of pyridine rings is 2. The highest BCUT2D eigenvalue weighted by Crippen LogP contribution is 2.21. The van der Waals surface area contributed by atoms with E-state index in [0.717, 1.165) is 21.2 Å². The zero-order valence-corrected chi connectivity index (χ0v) is 13.3. The molecule has 0 aromatic carbocycles. The van der Waals surface area contributed by atoms with Gasteiger partial charge in [-0.3, -0.25) is 9.97 Å². The molecule has 0 atom stereocenters. The van der Waals surface area contributed by atoms with Gasteiger partial charge in [-0.05, 0) is 35.0 Å². The third kappa shape index (κ3) is 3.87. The van der Waals surface area contributed by atoms with E-state index >= 15 is 0 Å². The second-order valence-corrected chi connectivity index (χ2v) is 7.12. The van der Waals surface area contributed by atoms with Crippen molar-refractivity contribution in [2.24, 2.45) is 0 Å². The highest BCUT2D eigenvalue weighted by Gasteiger charge is 2.06. The van der Waals surface area contributed by atoms with E-state index in [-0.39, 0.29) is 5.75 Å². The third-order valence-electron chi connectivity index (χ3n) is 2.69. The Kier molecular flexibility index (Phi) is 4.90. The lowest BCUT2D eigenvalue weighted by molar-refractivity contribution is 0.584. The molecule has 0 saturated heterocycles. The van der Waals surface area contributed by atoms with E-state index in [2.05, 4.69) is 35.9 Å². The van der Waals surface area contributed by atoms with Gasteiger partial charge >= 0.3 is 0 Å². The van der Waals surface area contributed by atoms with Crippen molar-refractivity contribution in [1.82, 2.24) is 14.7 Å². The molecule has 0 unspecified atom stereocenters. The molecule has 2 N–H and O–H groups in total. The Hall–Kier alpha value is -1.25. The first kappa shape index (κ1) is 15.1. The zero-order valence-electron chi connectivity index (χ0n) is 10.9. The van der Waals surface area contributed by atoms with Crippen LogP contribution in [-0.2, 0) is 10.0 Å². The molecule has 2 aromatic heterocycles. The van der Waals surface area contributed by atoms with Crippen LogP contribution in [0.15, 0.2) is 29.0 Å². The van der Waals surface area contributed by atoms with E-state index in [1.54, 1.807) is 19.3 Å². The van der Waals surface area contributed by atoms with Gasteiger partial charge in [-0.25, -0.2) is 13.1 Å². The lowest BCUT2D eigenvalue weighted by Crippen LogP contribution is -2.30. The van der Waals surface area contributed by atoms with Crippen molar-refractivity contribution in [1.29, 1.82) is 0 Å². The molecular weight excluding hydrogens is 344 g/mol. The first-order valence-corrected chi connectivity index (χ1v) is 8.58. The van der Waals surface area contributed by atoms with Gasteiger partial charge in [0.25, 0.3) is 0 Å². The van der Waals surface area contributed by atoms with Crippen LogP contribution in [0, 0.1) is 0 Å². The number of hydrogen-bond donors (Lipinski definition) is 2. The summed E-state index contributed by atoms with van der Waals surface area (Å²) >= 11 is 3.35. The SMILES string of the molecule is CCS(=O)(=O)NCCNc1ccnc2cc(Br)cnc12. The summed E-state index contributed by atoms with van der Waals surface area (Å²) in [7, 11) is -3.15. The van der Waals surface area contributed by atoms with Crippen molar-refractivity contribution < 1.29 is 8.42 Å². The zero-order chi connectivity index (χ0) is 14.6. The van der Waals surface area contributed by atoms with Crippen molar-refractivity contribution >= 4 is 42.7 Å². The standard InChI is InChI=1S/C12H15BrN4O2S/c1-2-20(18,19)17-6-5-15-10-3-4-14-11-7-9(13)8-16-12(10)11/h3-4,7-8,17H,2,5-6H2,1H3,(H,14,15). The Labute approximate surface area is 126 Å². The van der Waals surface area contributed by atoms with Crippen molar-refractivity contribution in [2.75, 3.05) is 24.2 Å². The summed E-state index contributed by atoms with van der Waals surface area (Å²) in [6.45, 7) is 2.42. The number of aromatic nitrogens is 2. The lowest BCUT2D eigenvalue weighted by Gasteiger charge is -2.09. The monoisotopic (exact) mass is 358 g/mol. The molecule has 0 aliphatic heterocycles. The Morgan fingerprint density at radius 2 is 2.10 bits per heavy atom. The Morgan fingerprint density at radius 3 is 2.85 bits per heavy atom. The van der Waals surface area contributed by atoms with Gasteiger partial charge in [-0.1, -0.05) is 0 Å². The Balaban J connectivity index is 2.04. The minimum absolute atomic E-state index is 0.0841. The number of anilines is 1. The Morgan fingerprint density at radius 1 is 1.30 bits per heavy atom. The molecule has 2 rings (SSSR count). The average molecular weight is 359 g/mol. The summed E-state index contributed by atoms with van der Waals surface area (Å²) in [5.41, 5.74) is 2.37. The fraction of sp³-hybridized carbons (Fsp3) is 0.333. The van der Waals surface area contributed by atoms with Crippen LogP contribution in [0.5, 0.6) is 0 Å². The number of halogens is 1. The van der Waals surface area contributed by atoms with Crippen LogP contribution in [0.25, 0.3) is 11.0 Å². The fourth-order valence-corrected chi connectivity index (χ4v) is 2.59. The summed E-state index contributed by atoms with van der Waals surface area (Å²) in [6.07, 6.45) is 3.39. The minimum atomic E-state index is -3.15. The van der Waals surface area contributed by atoms with Crippen LogP contribution in [0.4, 0.5) is 5.69 Å². The van der Waals surface area contributed by atoms with E-state index in [0.29, 0.717) is 13.1 Å². The van der Waals surface area contributed by atoms with Gasteiger partial charge in [-0.2, -0.15) is 0 Å². The highest BCUT2D eigenvalue weighted by atomic mass is 79.9. The molecule has 0 aliphatic carbocycles. The van der Waals surface area contributed by atoms with Crippen molar-refractivity contribution in [3.63, 3.8) is 0 Å². The van der Waals surface area contributed by atoms with Gasteiger partial charge in [0.15, 0.2) is 0 Å². The number of sulfonamides is 1.